The van der Waals surface area contributed by atoms with E-state index in [0.717, 1.165) is 25.1 Å². The number of ketones is 2. The molecule has 3 aliphatic rings. The van der Waals surface area contributed by atoms with E-state index >= 15 is 0 Å². The molecule has 0 fully saturated rings. The predicted molar refractivity (Wildman–Crippen MR) is 84.3 cm³/mol. The van der Waals surface area contributed by atoms with Crippen molar-refractivity contribution < 1.29 is 9.59 Å². The lowest BCUT2D eigenvalue weighted by molar-refractivity contribution is -0.126. The summed E-state index contributed by atoms with van der Waals surface area (Å²) in [5, 5.41) is 0. The normalized spacial score (nSPS) is 30.8. The van der Waals surface area contributed by atoms with Gasteiger partial charge in [0.25, 0.3) is 0 Å². The third-order valence-corrected chi connectivity index (χ3v) is 5.55. The van der Waals surface area contributed by atoms with Gasteiger partial charge in [0.05, 0.1) is 11.1 Å². The molecule has 3 heteroatoms. The van der Waals surface area contributed by atoms with E-state index in [-0.39, 0.29) is 17.1 Å². The van der Waals surface area contributed by atoms with Crippen molar-refractivity contribution in [2.45, 2.75) is 45.1 Å². The van der Waals surface area contributed by atoms with Crippen molar-refractivity contribution in [1.29, 1.82) is 0 Å². The highest BCUT2D eigenvalue weighted by atomic mass is 16.1. The van der Waals surface area contributed by atoms with Crippen molar-refractivity contribution in [1.82, 2.24) is 4.90 Å². The predicted octanol–water partition coefficient (Wildman–Crippen LogP) is 2.99. The molecule has 2 atom stereocenters. The first-order valence-corrected chi connectivity index (χ1v) is 8.16. The summed E-state index contributed by atoms with van der Waals surface area (Å²) in [6, 6.07) is 8.44. The smallest absolute Gasteiger partial charge is 0.170 e. The van der Waals surface area contributed by atoms with Crippen molar-refractivity contribution in [3.8, 4) is 0 Å². The lowest BCUT2D eigenvalue weighted by atomic mass is 9.71. The highest BCUT2D eigenvalue weighted by Crippen LogP contribution is 2.47. The number of rotatable bonds is 0. The zero-order chi connectivity index (χ0) is 15.5. The number of nitrogens with zero attached hydrogens (tertiary/aromatic N) is 1. The van der Waals surface area contributed by atoms with Crippen LogP contribution in [0.15, 0.2) is 35.5 Å². The lowest BCUT2D eigenvalue weighted by Crippen LogP contribution is -2.54. The molecule has 0 radical (unpaired) electrons. The van der Waals surface area contributed by atoms with E-state index < -0.39 is 0 Å². The Morgan fingerprint density at radius 3 is 2.73 bits per heavy atom. The Morgan fingerprint density at radius 1 is 1.14 bits per heavy atom. The summed E-state index contributed by atoms with van der Waals surface area (Å²) in [7, 11) is 0. The molecule has 114 valence electrons. The Balaban J connectivity index is 1.89. The van der Waals surface area contributed by atoms with Gasteiger partial charge in [0.2, 0.25) is 0 Å². The van der Waals surface area contributed by atoms with Gasteiger partial charge in [0.15, 0.2) is 11.6 Å². The van der Waals surface area contributed by atoms with Gasteiger partial charge in [-0.3, -0.25) is 9.59 Å². The molecule has 0 bridgehead atoms. The summed E-state index contributed by atoms with van der Waals surface area (Å²) in [4.78, 5) is 27.4. The van der Waals surface area contributed by atoms with Crippen LogP contribution in [0.25, 0.3) is 0 Å². The molecule has 2 unspecified atom stereocenters. The van der Waals surface area contributed by atoms with Crippen LogP contribution in [0.2, 0.25) is 0 Å². The number of carbonyl (C=O) groups excluding carboxylic acids is 2. The highest BCUT2D eigenvalue weighted by molar-refractivity contribution is 6.22. The van der Waals surface area contributed by atoms with E-state index in [1.807, 2.05) is 0 Å². The molecule has 0 saturated heterocycles. The number of carbonyl (C=O) groups is 2. The summed E-state index contributed by atoms with van der Waals surface area (Å²) in [5.41, 5.74) is 3.83. The second-order valence-electron chi connectivity index (χ2n) is 7.19. The fourth-order valence-electron chi connectivity index (χ4n) is 4.56. The largest absolute Gasteiger partial charge is 0.364 e. The quantitative estimate of drug-likeness (QED) is 0.691. The lowest BCUT2D eigenvalue weighted by Gasteiger charge is -2.52. The van der Waals surface area contributed by atoms with Crippen molar-refractivity contribution in [2.24, 2.45) is 5.92 Å². The molecule has 0 N–H and O–H groups in total. The molecule has 1 aromatic rings. The summed E-state index contributed by atoms with van der Waals surface area (Å²) in [6.45, 7) is 5.17. The molecule has 2 aliphatic heterocycles. The maximum absolute atomic E-state index is 12.7. The van der Waals surface area contributed by atoms with Crippen molar-refractivity contribution in [3.63, 3.8) is 0 Å². The number of allylic oxidation sites excluding steroid dienone is 2. The summed E-state index contributed by atoms with van der Waals surface area (Å²) in [5.74, 6) is 0.431. The van der Waals surface area contributed by atoms with Gasteiger partial charge in [-0.1, -0.05) is 31.2 Å². The summed E-state index contributed by atoms with van der Waals surface area (Å²) >= 11 is 0. The second-order valence-corrected chi connectivity index (χ2v) is 7.19. The van der Waals surface area contributed by atoms with Crippen LogP contribution in [-0.2, 0) is 21.5 Å². The first-order chi connectivity index (χ1) is 10.5. The number of hydrogen-bond acceptors (Lipinski definition) is 3. The molecule has 22 heavy (non-hydrogen) atoms. The fraction of sp³-hybridized carbons (Fsp3) is 0.474. The highest BCUT2D eigenvalue weighted by Gasteiger charge is 2.48. The van der Waals surface area contributed by atoms with Crippen LogP contribution in [0.3, 0.4) is 0 Å². The van der Waals surface area contributed by atoms with Gasteiger partial charge in [-0.2, -0.15) is 0 Å². The van der Waals surface area contributed by atoms with E-state index in [2.05, 4.69) is 43.0 Å². The fourth-order valence-corrected chi connectivity index (χ4v) is 4.56. The first-order valence-electron chi connectivity index (χ1n) is 8.16. The Hall–Kier alpha value is -1.90. The molecule has 1 aliphatic carbocycles. The third kappa shape index (κ3) is 1.74. The van der Waals surface area contributed by atoms with E-state index in [1.165, 1.54) is 11.1 Å². The van der Waals surface area contributed by atoms with Gasteiger partial charge in [0, 0.05) is 25.1 Å². The van der Waals surface area contributed by atoms with Gasteiger partial charge in [-0.05, 0) is 36.8 Å². The molecular weight excluding hydrogens is 274 g/mol. The monoisotopic (exact) mass is 295 g/mol. The van der Waals surface area contributed by atoms with Crippen LogP contribution < -0.4 is 0 Å². The van der Waals surface area contributed by atoms with Crippen LogP contribution in [-0.4, -0.2) is 23.0 Å². The van der Waals surface area contributed by atoms with E-state index in [4.69, 9.17) is 0 Å². The van der Waals surface area contributed by atoms with Crippen LogP contribution in [0, 0.1) is 5.92 Å². The Kier molecular flexibility index (Phi) is 2.84. The van der Waals surface area contributed by atoms with Gasteiger partial charge >= 0.3 is 0 Å². The van der Waals surface area contributed by atoms with Crippen molar-refractivity contribution in [3.05, 3.63) is 46.7 Å². The Bertz CT molecular complexity index is 718. The van der Waals surface area contributed by atoms with Crippen LogP contribution in [0.1, 0.15) is 44.2 Å². The first kappa shape index (κ1) is 13.7. The van der Waals surface area contributed by atoms with Gasteiger partial charge in [-0.15, -0.1) is 0 Å². The molecule has 1 aromatic carbocycles. The van der Waals surface area contributed by atoms with E-state index in [0.29, 0.717) is 24.3 Å². The van der Waals surface area contributed by atoms with Gasteiger partial charge in [0.1, 0.15) is 0 Å². The van der Waals surface area contributed by atoms with Gasteiger partial charge < -0.3 is 4.90 Å². The number of benzene rings is 1. The molecular formula is C19H21NO2. The molecule has 0 amide bonds. The molecule has 2 heterocycles. The number of Topliss-reactive ketones (excluding diaryl/α,β-unsaturated/α-hetero) is 2. The Labute approximate surface area is 131 Å². The molecule has 0 saturated carbocycles. The minimum absolute atomic E-state index is 0.0438. The van der Waals surface area contributed by atoms with E-state index in [9.17, 15) is 9.59 Å². The standard InChI is InChI=1S/C19H21NO2/c1-12-9-15-18(16(21)10-12)17(22)11-19(2)14-6-4-3-5-13(14)7-8-20(15)19/h3-6,12H,7-11H2,1-2H3. The average molecular weight is 295 g/mol. The molecule has 0 spiro atoms. The summed E-state index contributed by atoms with van der Waals surface area (Å²) < 4.78 is 0. The van der Waals surface area contributed by atoms with E-state index in [1.54, 1.807) is 0 Å². The van der Waals surface area contributed by atoms with Crippen molar-refractivity contribution in [2.75, 3.05) is 6.54 Å². The maximum atomic E-state index is 12.7. The van der Waals surface area contributed by atoms with Crippen LogP contribution in [0.5, 0.6) is 0 Å². The average Bonchev–Trinajstić information content (AvgIpc) is 2.46. The van der Waals surface area contributed by atoms with Gasteiger partial charge in [-0.25, -0.2) is 0 Å². The maximum Gasteiger partial charge on any atom is 0.170 e. The molecule has 3 nitrogen and oxygen atoms in total. The molecule has 0 aromatic heterocycles. The van der Waals surface area contributed by atoms with Crippen LogP contribution in [0.4, 0.5) is 0 Å². The third-order valence-electron chi connectivity index (χ3n) is 5.55. The minimum Gasteiger partial charge on any atom is -0.364 e. The minimum atomic E-state index is -0.290. The second kappa shape index (κ2) is 4.55. The number of fused-ring (bicyclic) bond motifs is 4. The summed E-state index contributed by atoms with van der Waals surface area (Å²) in [6.07, 6.45) is 2.78. The van der Waals surface area contributed by atoms with Crippen molar-refractivity contribution >= 4 is 11.6 Å². The molecule has 4 rings (SSSR count). The van der Waals surface area contributed by atoms with Crippen LogP contribution >= 0.6 is 0 Å². The number of hydrogen-bond donors (Lipinski definition) is 0. The Morgan fingerprint density at radius 2 is 1.91 bits per heavy atom. The zero-order valence-electron chi connectivity index (χ0n) is 13.2. The SMILES string of the molecule is CC1CC(=O)C2=C(C1)N1CCc3ccccc3C1(C)CC2=O. The topological polar surface area (TPSA) is 37.4 Å². The zero-order valence-corrected chi connectivity index (χ0v) is 13.2.